The number of thioether (sulfide) groups is 1. The monoisotopic (exact) mass is 302 g/mol. The summed E-state index contributed by atoms with van der Waals surface area (Å²) in [6.07, 6.45) is -0.609. The molecule has 4 N–H and O–H groups in total. The molecule has 2 fully saturated rings. The number of hydrogen-bond acceptors (Lipinski definition) is 7. The summed E-state index contributed by atoms with van der Waals surface area (Å²) in [5.74, 6) is 0.743. The molecule has 20 heavy (non-hydrogen) atoms. The van der Waals surface area contributed by atoms with Crippen LogP contribution in [0.5, 0.6) is 0 Å². The zero-order valence-corrected chi connectivity index (χ0v) is 12.3. The topological polar surface area (TPSA) is 94.3 Å². The average molecular weight is 302 g/mol. The van der Waals surface area contributed by atoms with Crippen molar-refractivity contribution < 1.29 is 20.1 Å². The molecule has 0 spiro atoms. The van der Waals surface area contributed by atoms with Crippen molar-refractivity contribution in [3.63, 3.8) is 0 Å². The first-order valence-corrected chi connectivity index (χ1v) is 8.16. The van der Waals surface area contributed by atoms with E-state index in [1.54, 1.807) is 0 Å². The lowest BCUT2D eigenvalue weighted by Gasteiger charge is -2.40. The summed E-state index contributed by atoms with van der Waals surface area (Å²) in [5, 5.41) is 34.2. The van der Waals surface area contributed by atoms with Gasteiger partial charge in [0.1, 0.15) is 29.8 Å². The number of nitrogens with zero attached hydrogens (tertiary/aromatic N) is 1. The van der Waals surface area contributed by atoms with Crippen LogP contribution in [0.2, 0.25) is 0 Å². The minimum Gasteiger partial charge on any atom is -0.390 e. The summed E-state index contributed by atoms with van der Waals surface area (Å²) in [7, 11) is 0. The number of hydrogen-bond donors (Lipinski definition) is 4. The number of amidine groups is 1. The van der Waals surface area contributed by atoms with E-state index in [9.17, 15) is 15.3 Å². The Labute approximate surface area is 122 Å². The van der Waals surface area contributed by atoms with Crippen molar-refractivity contribution in [2.75, 3.05) is 6.54 Å². The van der Waals surface area contributed by atoms with Crippen molar-refractivity contribution in [3.8, 4) is 0 Å². The van der Waals surface area contributed by atoms with E-state index >= 15 is 0 Å². The lowest BCUT2D eigenvalue weighted by atomic mass is 9.94. The Bertz CT molecular complexity index is 391. The molecule has 3 rings (SSSR count). The third kappa shape index (κ3) is 2.82. The first kappa shape index (κ1) is 14.6. The highest BCUT2D eigenvalue weighted by Gasteiger charge is 2.49. The second-order valence-corrected chi connectivity index (χ2v) is 6.88. The van der Waals surface area contributed by atoms with Gasteiger partial charge in [-0.15, -0.1) is 0 Å². The summed E-state index contributed by atoms with van der Waals surface area (Å²) in [6, 6.07) is -0.461. The van der Waals surface area contributed by atoms with E-state index in [0.29, 0.717) is 6.42 Å². The molecule has 1 saturated carbocycles. The van der Waals surface area contributed by atoms with Crippen LogP contribution in [-0.2, 0) is 4.74 Å². The van der Waals surface area contributed by atoms with E-state index in [1.165, 1.54) is 24.6 Å². The van der Waals surface area contributed by atoms with Gasteiger partial charge in [0.05, 0.1) is 6.10 Å². The number of aliphatic imine (C=N–C) groups is 1. The molecule has 2 heterocycles. The summed E-state index contributed by atoms with van der Waals surface area (Å²) in [6.45, 7) is 2.73. The fourth-order valence-electron chi connectivity index (χ4n) is 2.58. The van der Waals surface area contributed by atoms with Crippen LogP contribution in [0.3, 0.4) is 0 Å². The highest BCUT2D eigenvalue weighted by molar-refractivity contribution is 8.14. The molecule has 114 valence electrons. The van der Waals surface area contributed by atoms with E-state index in [1.807, 2.05) is 6.92 Å². The third-order valence-corrected chi connectivity index (χ3v) is 5.23. The lowest BCUT2D eigenvalue weighted by Crippen LogP contribution is -2.58. The third-order valence-electron chi connectivity index (χ3n) is 4.14. The van der Waals surface area contributed by atoms with Crippen molar-refractivity contribution >= 4 is 16.9 Å². The minimum atomic E-state index is -1.10. The maximum Gasteiger partial charge on any atom is 0.159 e. The van der Waals surface area contributed by atoms with Crippen LogP contribution in [0.1, 0.15) is 26.2 Å². The first-order valence-electron chi connectivity index (χ1n) is 7.28. The van der Waals surface area contributed by atoms with E-state index in [2.05, 4.69) is 10.3 Å². The molecule has 1 aliphatic carbocycles. The van der Waals surface area contributed by atoms with Crippen molar-refractivity contribution in [2.24, 2.45) is 10.9 Å². The molecule has 0 aromatic carbocycles. The predicted octanol–water partition coefficient (Wildman–Crippen LogP) is -0.325. The number of ether oxygens (including phenoxy) is 1. The summed E-state index contributed by atoms with van der Waals surface area (Å²) >= 11 is 1.44. The highest BCUT2D eigenvalue weighted by Crippen LogP contribution is 2.37. The van der Waals surface area contributed by atoms with Gasteiger partial charge >= 0.3 is 0 Å². The molecule has 0 bridgehead atoms. The van der Waals surface area contributed by atoms with Crippen molar-refractivity contribution in [3.05, 3.63) is 0 Å². The van der Waals surface area contributed by atoms with E-state index in [0.717, 1.165) is 17.6 Å². The van der Waals surface area contributed by atoms with Crippen LogP contribution >= 0.6 is 11.8 Å². The summed E-state index contributed by atoms with van der Waals surface area (Å²) < 4.78 is 5.75. The molecular formula is C13H22N2O4S. The molecule has 0 radical (unpaired) electrons. The van der Waals surface area contributed by atoms with Gasteiger partial charge in [0.25, 0.3) is 0 Å². The maximum absolute atomic E-state index is 10.2. The van der Waals surface area contributed by atoms with Crippen LogP contribution in [0, 0.1) is 5.92 Å². The summed E-state index contributed by atoms with van der Waals surface area (Å²) in [5.41, 5.74) is -0.332. The lowest BCUT2D eigenvalue weighted by molar-refractivity contribution is -0.185. The van der Waals surface area contributed by atoms with Crippen molar-refractivity contribution in [1.82, 2.24) is 5.32 Å². The Morgan fingerprint density at radius 1 is 1.40 bits per heavy atom. The van der Waals surface area contributed by atoms with E-state index in [-0.39, 0.29) is 5.44 Å². The minimum absolute atomic E-state index is 0.332. The Morgan fingerprint density at radius 2 is 2.15 bits per heavy atom. The van der Waals surface area contributed by atoms with Gasteiger partial charge < -0.3 is 25.4 Å². The van der Waals surface area contributed by atoms with Crippen molar-refractivity contribution in [2.45, 2.75) is 62.1 Å². The fourth-order valence-corrected chi connectivity index (χ4v) is 3.69. The van der Waals surface area contributed by atoms with Gasteiger partial charge in [0.2, 0.25) is 0 Å². The van der Waals surface area contributed by atoms with Gasteiger partial charge in [-0.05, 0) is 25.2 Å². The van der Waals surface area contributed by atoms with Crippen LogP contribution in [-0.4, -0.2) is 62.9 Å². The Balaban J connectivity index is 1.63. The number of aliphatic hydroxyl groups is 3. The molecule has 1 unspecified atom stereocenters. The Kier molecular flexibility index (Phi) is 4.24. The molecule has 0 aromatic heterocycles. The standard InChI is InChI=1S/C13H22N2O4S/c1-2-7(16)11-10(18)9(17)8-12(19-11)20-13(15-8)14-5-6-3-4-6/h6-12,16-18H,2-5H2,1H3,(H,14,15)/t7?,8-,9-,10+,11-,12-/m1/s1. The molecule has 2 aliphatic heterocycles. The Hall–Kier alpha value is -0.340. The van der Waals surface area contributed by atoms with Gasteiger partial charge in [0, 0.05) is 6.54 Å². The second kappa shape index (κ2) is 5.81. The van der Waals surface area contributed by atoms with Crippen molar-refractivity contribution in [1.29, 1.82) is 0 Å². The van der Waals surface area contributed by atoms with Gasteiger partial charge in [-0.1, -0.05) is 18.7 Å². The molecule has 3 aliphatic rings. The largest absolute Gasteiger partial charge is 0.390 e. The number of fused-ring (bicyclic) bond motifs is 1. The van der Waals surface area contributed by atoms with Gasteiger partial charge in [-0.3, -0.25) is 4.99 Å². The fraction of sp³-hybridized carbons (Fsp3) is 0.923. The zero-order valence-electron chi connectivity index (χ0n) is 11.5. The number of aliphatic hydroxyl groups excluding tert-OH is 3. The molecule has 1 saturated heterocycles. The zero-order chi connectivity index (χ0) is 14.3. The SMILES string of the molecule is CCC(O)[C@H]1O[C@@H]2SC(NCC3CC3)=N[C@@H]2[C@@H](O)[C@@H]1O. The molecule has 7 heteroatoms. The molecule has 0 aromatic rings. The Morgan fingerprint density at radius 3 is 2.80 bits per heavy atom. The molecule has 0 amide bonds. The average Bonchev–Trinajstić information content (AvgIpc) is 3.19. The molecule has 6 atom stereocenters. The number of rotatable bonds is 4. The van der Waals surface area contributed by atoms with Crippen LogP contribution in [0.15, 0.2) is 4.99 Å². The van der Waals surface area contributed by atoms with E-state index < -0.39 is 30.5 Å². The normalized spacial score (nSPS) is 42.0. The van der Waals surface area contributed by atoms with Gasteiger partial charge in [0.15, 0.2) is 5.17 Å². The first-order chi connectivity index (χ1) is 9.60. The maximum atomic E-state index is 10.2. The second-order valence-electron chi connectivity index (χ2n) is 5.79. The van der Waals surface area contributed by atoms with Gasteiger partial charge in [-0.2, -0.15) is 0 Å². The van der Waals surface area contributed by atoms with E-state index in [4.69, 9.17) is 4.74 Å². The number of nitrogens with one attached hydrogen (secondary N) is 1. The summed E-state index contributed by atoms with van der Waals surface area (Å²) in [4.78, 5) is 4.41. The predicted molar refractivity (Wildman–Crippen MR) is 76.5 cm³/mol. The molecular weight excluding hydrogens is 280 g/mol. The smallest absolute Gasteiger partial charge is 0.159 e. The van der Waals surface area contributed by atoms with Gasteiger partial charge in [-0.25, -0.2) is 0 Å². The van der Waals surface area contributed by atoms with Crippen LogP contribution < -0.4 is 5.32 Å². The van der Waals surface area contributed by atoms with Crippen LogP contribution in [0.4, 0.5) is 0 Å². The highest BCUT2D eigenvalue weighted by atomic mass is 32.2. The van der Waals surface area contributed by atoms with Crippen LogP contribution in [0.25, 0.3) is 0 Å². The quantitative estimate of drug-likeness (QED) is 0.568. The molecule has 6 nitrogen and oxygen atoms in total.